The number of Topliss-reactive ketones (excluding diaryl/α,β-unsaturated/α-hetero) is 1. The SMILES string of the molecule is CC[C@H](C)C(NC(=O)[C@H](CC(C)C)NC(=O)O)C(=O)C(=O)N[C@H](CCCNC(N)=O)C(N)=O. The van der Waals surface area contributed by atoms with Gasteiger partial charge in [-0.1, -0.05) is 34.1 Å². The first-order valence-corrected chi connectivity index (χ1v) is 10.8. The normalized spacial score (nSPS) is 14.3. The Labute approximate surface area is 192 Å². The molecule has 0 bridgehead atoms. The number of primary amides is 2. The van der Waals surface area contributed by atoms with Crippen LogP contribution in [0.15, 0.2) is 0 Å². The average molecular weight is 473 g/mol. The third-order valence-electron chi connectivity index (χ3n) is 4.96. The molecule has 4 atom stereocenters. The zero-order chi connectivity index (χ0) is 25.7. The molecule has 0 radical (unpaired) electrons. The van der Waals surface area contributed by atoms with Gasteiger partial charge in [0.25, 0.3) is 5.91 Å². The zero-order valence-electron chi connectivity index (χ0n) is 19.5. The molecule has 0 spiro atoms. The summed E-state index contributed by atoms with van der Waals surface area (Å²) in [6, 6.07) is -4.27. The molecule has 0 aromatic carbocycles. The predicted octanol–water partition coefficient (Wildman–Crippen LogP) is -0.813. The fraction of sp³-hybridized carbons (Fsp3) is 0.700. The standard InChI is InChI=1S/C20H36N6O7/c1-5-11(4)14(26-17(29)13(9-10(2)3)25-20(32)33)15(27)18(30)24-12(16(21)28)7-6-8-23-19(22)31/h10-14,25H,5-9H2,1-4H3,(H2,21,28)(H,24,30)(H,26,29)(H,32,33)(H3,22,23,31)/t11-,12+,13-,14?/m0/s1. The molecule has 13 nitrogen and oxygen atoms in total. The van der Waals surface area contributed by atoms with Gasteiger partial charge in [-0.15, -0.1) is 0 Å². The van der Waals surface area contributed by atoms with Crippen molar-refractivity contribution in [2.75, 3.05) is 6.54 Å². The monoisotopic (exact) mass is 472 g/mol. The third-order valence-corrected chi connectivity index (χ3v) is 4.96. The highest BCUT2D eigenvalue weighted by atomic mass is 16.4. The number of nitrogens with two attached hydrogens (primary N) is 2. The van der Waals surface area contributed by atoms with E-state index < -0.39 is 59.7 Å². The van der Waals surface area contributed by atoms with E-state index in [2.05, 4.69) is 21.3 Å². The molecule has 0 heterocycles. The third kappa shape index (κ3) is 11.7. The van der Waals surface area contributed by atoms with Gasteiger partial charge in [0.15, 0.2) is 0 Å². The number of rotatable bonds is 15. The predicted molar refractivity (Wildman–Crippen MR) is 119 cm³/mol. The number of urea groups is 1. The second-order valence-electron chi connectivity index (χ2n) is 8.23. The van der Waals surface area contributed by atoms with Gasteiger partial charge in [-0.3, -0.25) is 19.2 Å². The number of carbonyl (C=O) groups is 6. The van der Waals surface area contributed by atoms with Crippen molar-refractivity contribution in [3.8, 4) is 0 Å². The van der Waals surface area contributed by atoms with E-state index in [9.17, 15) is 28.8 Å². The van der Waals surface area contributed by atoms with Crippen molar-refractivity contribution in [2.45, 2.75) is 71.5 Å². The summed E-state index contributed by atoms with van der Waals surface area (Å²) in [6.07, 6.45) is -0.463. The lowest BCUT2D eigenvalue weighted by molar-refractivity contribution is -0.142. The molecule has 6 amide bonds. The summed E-state index contributed by atoms with van der Waals surface area (Å²) in [6.45, 7) is 7.16. The van der Waals surface area contributed by atoms with Crippen molar-refractivity contribution in [2.24, 2.45) is 23.3 Å². The molecule has 9 N–H and O–H groups in total. The molecule has 1 unspecified atom stereocenters. The van der Waals surface area contributed by atoms with E-state index in [4.69, 9.17) is 16.6 Å². The van der Waals surface area contributed by atoms with Crippen molar-refractivity contribution in [3.63, 3.8) is 0 Å². The largest absolute Gasteiger partial charge is 0.465 e. The van der Waals surface area contributed by atoms with Crippen molar-refractivity contribution >= 4 is 35.6 Å². The van der Waals surface area contributed by atoms with Gasteiger partial charge in [-0.25, -0.2) is 9.59 Å². The van der Waals surface area contributed by atoms with Gasteiger partial charge in [0, 0.05) is 6.54 Å². The molecule has 0 aliphatic carbocycles. The van der Waals surface area contributed by atoms with Crippen molar-refractivity contribution < 1.29 is 33.9 Å². The lowest BCUT2D eigenvalue weighted by atomic mass is 9.93. The molecule has 0 saturated carbocycles. The summed E-state index contributed by atoms with van der Waals surface area (Å²) in [5.41, 5.74) is 10.2. The first-order valence-electron chi connectivity index (χ1n) is 10.8. The summed E-state index contributed by atoms with van der Waals surface area (Å²) in [5.74, 6) is -4.18. The van der Waals surface area contributed by atoms with Crippen LogP contribution in [-0.4, -0.2) is 65.4 Å². The Morgan fingerprint density at radius 2 is 1.52 bits per heavy atom. The highest BCUT2D eigenvalue weighted by Crippen LogP contribution is 2.12. The molecular weight excluding hydrogens is 436 g/mol. The zero-order valence-corrected chi connectivity index (χ0v) is 19.5. The van der Waals surface area contributed by atoms with Gasteiger partial charge in [-0.2, -0.15) is 0 Å². The number of hydrogen-bond acceptors (Lipinski definition) is 6. The fourth-order valence-corrected chi connectivity index (χ4v) is 2.98. The minimum Gasteiger partial charge on any atom is -0.465 e. The van der Waals surface area contributed by atoms with Gasteiger partial charge >= 0.3 is 12.1 Å². The maximum atomic E-state index is 12.8. The van der Waals surface area contributed by atoms with Gasteiger partial charge in [-0.05, 0) is 31.1 Å². The number of amides is 6. The van der Waals surface area contributed by atoms with Crippen LogP contribution >= 0.6 is 0 Å². The topological polar surface area (TPSA) is 223 Å². The first-order chi connectivity index (χ1) is 15.3. The van der Waals surface area contributed by atoms with Crippen LogP contribution < -0.4 is 32.7 Å². The van der Waals surface area contributed by atoms with Gasteiger partial charge in [0.1, 0.15) is 12.1 Å². The highest BCUT2D eigenvalue weighted by molar-refractivity contribution is 6.38. The number of nitrogens with one attached hydrogen (secondary N) is 4. The van der Waals surface area contributed by atoms with Crippen molar-refractivity contribution in [1.82, 2.24) is 21.3 Å². The van der Waals surface area contributed by atoms with Crippen LogP contribution in [0.3, 0.4) is 0 Å². The molecule has 0 aromatic heterocycles. The van der Waals surface area contributed by atoms with E-state index in [0.29, 0.717) is 6.42 Å². The molecule has 0 aromatic rings. The van der Waals surface area contributed by atoms with E-state index >= 15 is 0 Å². The average Bonchev–Trinajstić information content (AvgIpc) is 2.71. The molecule has 0 rings (SSSR count). The Morgan fingerprint density at radius 1 is 0.909 bits per heavy atom. The molecule has 0 aliphatic heterocycles. The molecule has 0 saturated heterocycles. The van der Waals surface area contributed by atoms with Crippen LogP contribution in [0.5, 0.6) is 0 Å². The van der Waals surface area contributed by atoms with Crippen LogP contribution in [0.1, 0.15) is 53.4 Å². The molecule has 33 heavy (non-hydrogen) atoms. The van der Waals surface area contributed by atoms with E-state index in [1.165, 1.54) is 0 Å². The van der Waals surface area contributed by atoms with Gasteiger partial charge in [0.2, 0.25) is 17.6 Å². The lowest BCUT2D eigenvalue weighted by Crippen LogP contribution is -2.57. The number of carboxylic acid groups (broad SMARTS) is 1. The number of hydrogen-bond donors (Lipinski definition) is 7. The van der Waals surface area contributed by atoms with E-state index in [0.717, 1.165) is 0 Å². The second-order valence-corrected chi connectivity index (χ2v) is 8.23. The Hall–Kier alpha value is -3.38. The van der Waals surface area contributed by atoms with E-state index in [1.54, 1.807) is 27.7 Å². The highest BCUT2D eigenvalue weighted by Gasteiger charge is 2.34. The molecule has 0 fully saturated rings. The number of carbonyl (C=O) groups excluding carboxylic acids is 5. The Morgan fingerprint density at radius 3 is 1.97 bits per heavy atom. The molecule has 13 heteroatoms. The summed E-state index contributed by atoms with van der Waals surface area (Å²) < 4.78 is 0. The lowest BCUT2D eigenvalue weighted by Gasteiger charge is -2.26. The minimum absolute atomic E-state index is 0.0194. The summed E-state index contributed by atoms with van der Waals surface area (Å²) in [4.78, 5) is 71.5. The van der Waals surface area contributed by atoms with Crippen LogP contribution in [0, 0.1) is 11.8 Å². The Balaban J connectivity index is 5.36. The molecule has 188 valence electrons. The van der Waals surface area contributed by atoms with Crippen molar-refractivity contribution in [1.29, 1.82) is 0 Å². The minimum atomic E-state index is -1.39. The van der Waals surface area contributed by atoms with Gasteiger partial charge < -0.3 is 37.8 Å². The maximum absolute atomic E-state index is 12.8. The quantitative estimate of drug-likeness (QED) is 0.118. The second kappa shape index (κ2) is 14.6. The van der Waals surface area contributed by atoms with Crippen LogP contribution in [0.25, 0.3) is 0 Å². The summed E-state index contributed by atoms with van der Waals surface area (Å²) in [7, 11) is 0. The fourth-order valence-electron chi connectivity index (χ4n) is 2.98. The van der Waals surface area contributed by atoms with E-state index in [-0.39, 0.29) is 31.7 Å². The van der Waals surface area contributed by atoms with Crippen molar-refractivity contribution in [3.05, 3.63) is 0 Å². The van der Waals surface area contributed by atoms with Gasteiger partial charge in [0.05, 0.1) is 6.04 Å². The Bertz CT molecular complexity index is 728. The Kier molecular flexibility index (Phi) is 13.1. The van der Waals surface area contributed by atoms with Crippen LogP contribution in [-0.2, 0) is 19.2 Å². The molecule has 0 aliphatic rings. The maximum Gasteiger partial charge on any atom is 0.405 e. The molecular formula is C20H36N6O7. The van der Waals surface area contributed by atoms with Crippen LogP contribution in [0.2, 0.25) is 0 Å². The van der Waals surface area contributed by atoms with E-state index in [1.807, 2.05) is 0 Å². The van der Waals surface area contributed by atoms with Crippen LogP contribution in [0.4, 0.5) is 9.59 Å². The smallest absolute Gasteiger partial charge is 0.405 e. The first kappa shape index (κ1) is 29.6. The number of ketones is 1. The summed E-state index contributed by atoms with van der Waals surface area (Å²) in [5, 5.41) is 18.2. The summed E-state index contributed by atoms with van der Waals surface area (Å²) >= 11 is 0.